The molecule has 33 heavy (non-hydrogen) atoms. The molecule has 0 amide bonds. The number of oxazole rings is 1. The van der Waals surface area contributed by atoms with Gasteiger partial charge in [0.2, 0.25) is 6.04 Å². The summed E-state index contributed by atoms with van der Waals surface area (Å²) in [6.07, 6.45) is 2.25. The summed E-state index contributed by atoms with van der Waals surface area (Å²) in [5.74, 6) is 0.827. The van der Waals surface area contributed by atoms with Crippen LogP contribution in [0, 0.1) is 15.5 Å². The molecule has 3 rings (SSSR count). The molecule has 0 aliphatic heterocycles. The lowest BCUT2D eigenvalue weighted by Gasteiger charge is -2.28. The van der Waals surface area contributed by atoms with Crippen LogP contribution in [-0.2, 0) is 29.0 Å². The predicted molar refractivity (Wildman–Crippen MR) is 120 cm³/mol. The van der Waals surface area contributed by atoms with Gasteiger partial charge < -0.3 is 18.6 Å². The number of fused-ring (bicyclic) bond motifs is 1. The summed E-state index contributed by atoms with van der Waals surface area (Å²) in [5.41, 5.74) is 1.45. The molecule has 1 aromatic heterocycles. The molecule has 0 saturated carbocycles. The van der Waals surface area contributed by atoms with Gasteiger partial charge in [-0.05, 0) is 56.9 Å². The Morgan fingerprint density at radius 3 is 2.48 bits per heavy atom. The van der Waals surface area contributed by atoms with Gasteiger partial charge in [-0.3, -0.25) is 14.9 Å². The van der Waals surface area contributed by atoms with Crippen molar-refractivity contribution in [3.05, 3.63) is 50.7 Å². The van der Waals surface area contributed by atoms with Gasteiger partial charge in [-0.1, -0.05) is 6.92 Å². The van der Waals surface area contributed by atoms with E-state index in [9.17, 15) is 14.9 Å². The third-order valence-corrected chi connectivity index (χ3v) is 5.82. The normalized spacial score (nSPS) is 17.9. The fourth-order valence-corrected chi connectivity index (χ4v) is 4.11. The van der Waals surface area contributed by atoms with Crippen molar-refractivity contribution < 1.29 is 28.3 Å². The fourth-order valence-electron chi connectivity index (χ4n) is 4.11. The van der Waals surface area contributed by atoms with E-state index in [4.69, 9.17) is 18.6 Å². The van der Waals surface area contributed by atoms with Crippen molar-refractivity contribution in [1.29, 1.82) is 0 Å². The van der Waals surface area contributed by atoms with E-state index >= 15 is 0 Å². The summed E-state index contributed by atoms with van der Waals surface area (Å²) in [6.45, 7) is 7.15. The summed E-state index contributed by atoms with van der Waals surface area (Å²) in [7, 11) is 3.08. The second kappa shape index (κ2) is 9.80. The van der Waals surface area contributed by atoms with E-state index in [0.29, 0.717) is 48.1 Å². The summed E-state index contributed by atoms with van der Waals surface area (Å²) >= 11 is 0. The number of aryl methyl sites for hydroxylation is 2. The highest BCUT2D eigenvalue weighted by Gasteiger charge is 2.43. The number of aromatic nitrogens is 1. The number of hydrogen-bond donors (Lipinski definition) is 0. The van der Waals surface area contributed by atoms with Crippen molar-refractivity contribution in [1.82, 2.24) is 4.98 Å². The molecule has 2 aromatic rings. The van der Waals surface area contributed by atoms with Gasteiger partial charge in [-0.25, -0.2) is 4.98 Å². The smallest absolute Gasteiger partial charge is 0.311 e. The lowest BCUT2D eigenvalue weighted by Crippen LogP contribution is -2.34. The number of nitro groups is 1. The van der Waals surface area contributed by atoms with E-state index < -0.39 is 17.4 Å². The summed E-state index contributed by atoms with van der Waals surface area (Å²) in [4.78, 5) is 28.8. The molecule has 0 unspecified atom stereocenters. The van der Waals surface area contributed by atoms with Crippen LogP contribution in [0.4, 0.5) is 0 Å². The highest BCUT2D eigenvalue weighted by Crippen LogP contribution is 2.44. The van der Waals surface area contributed by atoms with Gasteiger partial charge >= 0.3 is 5.97 Å². The second-order valence-electron chi connectivity index (χ2n) is 9.27. The van der Waals surface area contributed by atoms with Crippen LogP contribution in [-0.4, -0.2) is 36.1 Å². The number of carbonyl (C=O) groups excluding carboxylic acids is 1. The van der Waals surface area contributed by atoms with Crippen LogP contribution >= 0.6 is 0 Å². The Bertz CT molecular complexity index is 1020. The second-order valence-corrected chi connectivity index (χ2v) is 9.27. The van der Waals surface area contributed by atoms with E-state index in [2.05, 4.69) is 4.98 Å². The molecule has 0 radical (unpaired) electrons. The minimum Gasteiger partial charge on any atom is -0.493 e. The van der Waals surface area contributed by atoms with E-state index in [-0.39, 0.29) is 17.5 Å². The first-order valence-electron chi connectivity index (χ1n) is 11.1. The predicted octanol–water partition coefficient (Wildman–Crippen LogP) is 4.46. The lowest BCUT2D eigenvalue weighted by atomic mass is 9.77. The Labute approximate surface area is 193 Å². The number of hydrogen-bond acceptors (Lipinski definition) is 8. The SMILES string of the molecule is CCCc1nc([C@H]2c3cc(OC)c(OC)cc3CC[C@@H]2[N+](=O)[O-])c(COC(=O)C(C)(C)C)o1. The summed E-state index contributed by atoms with van der Waals surface area (Å²) in [6, 6.07) is 2.75. The van der Waals surface area contributed by atoms with Crippen LogP contribution in [0.5, 0.6) is 11.5 Å². The van der Waals surface area contributed by atoms with E-state index in [1.807, 2.05) is 13.0 Å². The summed E-state index contributed by atoms with van der Waals surface area (Å²) < 4.78 is 22.3. The highest BCUT2D eigenvalue weighted by atomic mass is 16.6. The number of rotatable bonds is 8. The third kappa shape index (κ3) is 5.12. The molecule has 1 aliphatic rings. The molecular weight excluding hydrogens is 428 g/mol. The Balaban J connectivity index is 2.12. The maximum Gasteiger partial charge on any atom is 0.311 e. The molecule has 9 heteroatoms. The van der Waals surface area contributed by atoms with Crippen molar-refractivity contribution >= 4 is 5.97 Å². The molecule has 9 nitrogen and oxygen atoms in total. The van der Waals surface area contributed by atoms with Gasteiger partial charge in [0.1, 0.15) is 5.69 Å². The van der Waals surface area contributed by atoms with Crippen molar-refractivity contribution in [3.8, 4) is 11.5 Å². The van der Waals surface area contributed by atoms with Gasteiger partial charge in [-0.15, -0.1) is 0 Å². The topological polar surface area (TPSA) is 114 Å². The Hall–Kier alpha value is -3.10. The first-order valence-corrected chi connectivity index (χ1v) is 11.1. The van der Waals surface area contributed by atoms with Crippen LogP contribution in [0.25, 0.3) is 0 Å². The van der Waals surface area contributed by atoms with Crippen molar-refractivity contribution in [2.24, 2.45) is 5.41 Å². The number of ether oxygens (including phenoxy) is 3. The van der Waals surface area contributed by atoms with Gasteiger partial charge in [0.05, 0.1) is 25.6 Å². The van der Waals surface area contributed by atoms with E-state index in [0.717, 1.165) is 17.5 Å². The molecule has 0 fully saturated rings. The van der Waals surface area contributed by atoms with Crippen molar-refractivity contribution in [2.45, 2.75) is 71.9 Å². The Morgan fingerprint density at radius 1 is 1.24 bits per heavy atom. The van der Waals surface area contributed by atoms with Crippen LogP contribution in [0.15, 0.2) is 16.5 Å². The number of methoxy groups -OCH3 is 2. The van der Waals surface area contributed by atoms with Gasteiger partial charge in [0, 0.05) is 17.8 Å². The molecule has 0 spiro atoms. The van der Waals surface area contributed by atoms with E-state index in [1.165, 1.54) is 7.11 Å². The molecule has 1 aliphatic carbocycles. The molecule has 2 atom stereocenters. The van der Waals surface area contributed by atoms with Gasteiger partial charge in [0.25, 0.3) is 0 Å². The maximum atomic E-state index is 12.4. The minimum absolute atomic E-state index is 0.133. The highest BCUT2D eigenvalue weighted by molar-refractivity contribution is 5.75. The number of esters is 1. The maximum absolute atomic E-state index is 12.4. The molecule has 1 aromatic carbocycles. The molecule has 0 N–H and O–H groups in total. The van der Waals surface area contributed by atoms with Gasteiger partial charge in [-0.2, -0.15) is 0 Å². The van der Waals surface area contributed by atoms with Crippen molar-refractivity contribution in [2.75, 3.05) is 14.2 Å². The molecule has 0 saturated heterocycles. The Morgan fingerprint density at radius 2 is 1.91 bits per heavy atom. The quantitative estimate of drug-likeness (QED) is 0.322. The van der Waals surface area contributed by atoms with Crippen LogP contribution in [0.2, 0.25) is 0 Å². The largest absolute Gasteiger partial charge is 0.493 e. The average molecular weight is 461 g/mol. The zero-order valence-corrected chi connectivity index (χ0v) is 20.1. The van der Waals surface area contributed by atoms with Crippen molar-refractivity contribution in [3.63, 3.8) is 0 Å². The Kier molecular flexibility index (Phi) is 7.29. The van der Waals surface area contributed by atoms with Gasteiger partial charge in [0.15, 0.2) is 29.8 Å². The lowest BCUT2D eigenvalue weighted by molar-refractivity contribution is -0.527. The van der Waals surface area contributed by atoms with Crippen LogP contribution in [0.1, 0.15) is 74.9 Å². The molecule has 180 valence electrons. The zero-order chi connectivity index (χ0) is 24.3. The fraction of sp³-hybridized carbons (Fsp3) is 0.583. The average Bonchev–Trinajstić information content (AvgIpc) is 3.17. The minimum atomic E-state index is -0.896. The van der Waals surface area contributed by atoms with Crippen LogP contribution < -0.4 is 9.47 Å². The molecule has 0 bridgehead atoms. The zero-order valence-electron chi connectivity index (χ0n) is 20.1. The first kappa shape index (κ1) is 24.5. The molecule has 1 heterocycles. The van der Waals surface area contributed by atoms with Crippen LogP contribution in [0.3, 0.4) is 0 Å². The number of nitrogens with zero attached hydrogens (tertiary/aromatic N) is 2. The standard InChI is InChI=1S/C24H32N2O7/c1-7-8-20-25-22(19(33-20)13-32-23(27)24(2,3)4)21-15-12-18(31-6)17(30-5)11-14(15)9-10-16(21)26(28)29/h11-12,16,21H,7-10,13H2,1-6H3/t16-,21-/m0/s1. The first-order chi connectivity index (χ1) is 15.6. The number of carbonyl (C=O) groups is 1. The third-order valence-electron chi connectivity index (χ3n) is 5.82. The summed E-state index contributed by atoms with van der Waals surface area (Å²) in [5, 5.41) is 12.1. The number of benzene rings is 1. The monoisotopic (exact) mass is 460 g/mol. The molecular formula is C24H32N2O7. The van der Waals surface area contributed by atoms with E-state index in [1.54, 1.807) is 33.9 Å².